The minimum absolute atomic E-state index is 0.0270. The summed E-state index contributed by atoms with van der Waals surface area (Å²) < 4.78 is 5.55. The predicted octanol–water partition coefficient (Wildman–Crippen LogP) is 4.16. The van der Waals surface area contributed by atoms with Crippen LogP contribution in [0.15, 0.2) is 48.5 Å². The molecule has 0 saturated carbocycles. The van der Waals surface area contributed by atoms with E-state index in [1.165, 1.54) is 4.90 Å². The predicted molar refractivity (Wildman–Crippen MR) is 124 cm³/mol. The number of nitrogens with zero attached hydrogens (tertiary/aromatic N) is 1. The van der Waals surface area contributed by atoms with Gasteiger partial charge in [0.25, 0.3) is 0 Å². The maximum absolute atomic E-state index is 12.8. The fourth-order valence-electron chi connectivity index (χ4n) is 5.25. The van der Waals surface area contributed by atoms with Crippen LogP contribution < -0.4 is 5.32 Å². The van der Waals surface area contributed by atoms with E-state index in [1.807, 2.05) is 24.3 Å². The Bertz CT molecular complexity index is 1020. The Morgan fingerprint density at radius 2 is 1.73 bits per heavy atom. The summed E-state index contributed by atoms with van der Waals surface area (Å²) in [5, 5.41) is 12.4. The number of nitrogens with one attached hydrogen (secondary N) is 1. The number of aliphatic carboxylic acids is 1. The number of carboxylic acids is 1. The summed E-state index contributed by atoms with van der Waals surface area (Å²) in [5.41, 5.74) is 3.44. The van der Waals surface area contributed by atoms with Gasteiger partial charge in [0, 0.05) is 24.9 Å². The molecule has 2 aromatic rings. The summed E-state index contributed by atoms with van der Waals surface area (Å²) in [4.78, 5) is 38.6. The van der Waals surface area contributed by atoms with Gasteiger partial charge in [-0.25, -0.2) is 9.59 Å². The van der Waals surface area contributed by atoms with Crippen LogP contribution in [0, 0.1) is 0 Å². The van der Waals surface area contributed by atoms with Crippen LogP contribution in [-0.4, -0.2) is 52.7 Å². The highest BCUT2D eigenvalue weighted by Gasteiger charge is 2.48. The van der Waals surface area contributed by atoms with E-state index in [1.54, 1.807) is 13.8 Å². The average molecular weight is 451 g/mol. The molecule has 0 radical (unpaired) electrons. The molecule has 1 aliphatic carbocycles. The third-order valence-corrected chi connectivity index (χ3v) is 6.96. The zero-order valence-electron chi connectivity index (χ0n) is 19.0. The Labute approximate surface area is 193 Å². The molecule has 2 aliphatic rings. The number of carboxylic acid groups (broad SMARTS) is 1. The minimum atomic E-state index is -1.14. The van der Waals surface area contributed by atoms with Crippen LogP contribution in [0.25, 0.3) is 11.1 Å². The van der Waals surface area contributed by atoms with E-state index >= 15 is 0 Å². The molecule has 2 amide bonds. The molecule has 2 aromatic carbocycles. The van der Waals surface area contributed by atoms with E-state index in [4.69, 9.17) is 4.74 Å². The van der Waals surface area contributed by atoms with Crippen molar-refractivity contribution in [2.75, 3.05) is 13.2 Å². The number of ether oxygens (including phenoxy) is 1. The monoisotopic (exact) mass is 450 g/mol. The second-order valence-electron chi connectivity index (χ2n) is 8.91. The Kier molecular flexibility index (Phi) is 6.40. The van der Waals surface area contributed by atoms with Crippen molar-refractivity contribution < 1.29 is 24.2 Å². The van der Waals surface area contributed by atoms with Gasteiger partial charge in [-0.1, -0.05) is 55.5 Å². The molecule has 2 atom stereocenters. The third kappa shape index (κ3) is 4.19. The van der Waals surface area contributed by atoms with Gasteiger partial charge < -0.3 is 20.1 Å². The van der Waals surface area contributed by atoms with Crippen molar-refractivity contribution in [2.24, 2.45) is 0 Å². The number of rotatable bonds is 7. The van der Waals surface area contributed by atoms with Crippen LogP contribution in [0.1, 0.15) is 56.6 Å². The third-order valence-electron chi connectivity index (χ3n) is 6.96. The van der Waals surface area contributed by atoms with Crippen LogP contribution in [0.3, 0.4) is 0 Å². The van der Waals surface area contributed by atoms with Crippen molar-refractivity contribution in [3.8, 4) is 11.1 Å². The van der Waals surface area contributed by atoms with Gasteiger partial charge in [-0.15, -0.1) is 0 Å². The van der Waals surface area contributed by atoms with Crippen molar-refractivity contribution in [3.63, 3.8) is 0 Å². The summed E-state index contributed by atoms with van der Waals surface area (Å²) in [6.07, 6.45) is 0.930. The van der Waals surface area contributed by atoms with Crippen LogP contribution >= 0.6 is 0 Å². The number of carbonyl (C=O) groups is 3. The molecule has 7 nitrogen and oxygen atoms in total. The Morgan fingerprint density at radius 3 is 2.30 bits per heavy atom. The molecule has 33 heavy (non-hydrogen) atoms. The fraction of sp³-hybridized carbons (Fsp3) is 0.423. The molecule has 1 heterocycles. The number of hydrogen-bond donors (Lipinski definition) is 2. The fourth-order valence-corrected chi connectivity index (χ4v) is 5.25. The van der Waals surface area contributed by atoms with E-state index in [-0.39, 0.29) is 24.9 Å². The second kappa shape index (κ2) is 9.25. The first-order valence-electron chi connectivity index (χ1n) is 11.5. The molecule has 1 unspecified atom stereocenters. The van der Waals surface area contributed by atoms with E-state index in [2.05, 4.69) is 29.6 Å². The average Bonchev–Trinajstić information content (AvgIpc) is 3.38. The van der Waals surface area contributed by atoms with Crippen molar-refractivity contribution in [1.82, 2.24) is 10.2 Å². The van der Waals surface area contributed by atoms with Crippen LogP contribution in [0.2, 0.25) is 0 Å². The lowest BCUT2D eigenvalue weighted by Gasteiger charge is -2.34. The molecule has 4 rings (SSSR count). The van der Waals surface area contributed by atoms with E-state index in [0.717, 1.165) is 22.3 Å². The largest absolute Gasteiger partial charge is 0.479 e. The summed E-state index contributed by atoms with van der Waals surface area (Å²) in [7, 11) is 0. The highest BCUT2D eigenvalue weighted by Crippen LogP contribution is 2.44. The van der Waals surface area contributed by atoms with Crippen LogP contribution in [0.5, 0.6) is 0 Å². The number of fused-ring (bicyclic) bond motifs is 3. The molecule has 1 fully saturated rings. The number of likely N-dealkylation sites (tertiary alicyclic amines) is 1. The zero-order valence-corrected chi connectivity index (χ0v) is 19.0. The molecule has 0 bridgehead atoms. The van der Waals surface area contributed by atoms with Crippen LogP contribution in [0.4, 0.5) is 4.79 Å². The molecule has 0 aromatic heterocycles. The highest BCUT2D eigenvalue weighted by atomic mass is 16.5. The molecule has 2 N–H and O–H groups in total. The Morgan fingerprint density at radius 1 is 1.12 bits per heavy atom. The number of alkyl carbamates (subject to hydrolysis) is 1. The van der Waals surface area contributed by atoms with Gasteiger partial charge >= 0.3 is 12.1 Å². The lowest BCUT2D eigenvalue weighted by Crippen LogP contribution is -2.53. The van der Waals surface area contributed by atoms with Gasteiger partial charge in [0.05, 0.1) is 0 Å². The summed E-state index contributed by atoms with van der Waals surface area (Å²) in [6.45, 7) is 4.14. The zero-order chi connectivity index (χ0) is 23.6. The SMILES string of the molecule is CCC1(C(=O)O)CCCN1C(=O)C[C@H](C)NC(=O)OCC1c2ccccc2-c2ccccc21. The number of benzene rings is 2. The summed E-state index contributed by atoms with van der Waals surface area (Å²) >= 11 is 0. The summed E-state index contributed by atoms with van der Waals surface area (Å²) in [6, 6.07) is 15.8. The molecule has 1 aliphatic heterocycles. The number of amides is 2. The first kappa shape index (κ1) is 22.8. The summed E-state index contributed by atoms with van der Waals surface area (Å²) in [5.74, 6) is -1.26. The Balaban J connectivity index is 1.34. The Hall–Kier alpha value is -3.35. The first-order chi connectivity index (χ1) is 15.9. The lowest BCUT2D eigenvalue weighted by atomic mass is 9.92. The van der Waals surface area contributed by atoms with Crippen molar-refractivity contribution in [1.29, 1.82) is 0 Å². The van der Waals surface area contributed by atoms with E-state index in [0.29, 0.717) is 25.8 Å². The van der Waals surface area contributed by atoms with Gasteiger partial charge in [-0.3, -0.25) is 4.79 Å². The normalized spacial score (nSPS) is 20.1. The van der Waals surface area contributed by atoms with Crippen molar-refractivity contribution in [3.05, 3.63) is 59.7 Å². The van der Waals surface area contributed by atoms with Gasteiger partial charge in [-0.2, -0.15) is 0 Å². The van der Waals surface area contributed by atoms with Crippen molar-refractivity contribution >= 4 is 18.0 Å². The molecule has 174 valence electrons. The standard InChI is InChI=1S/C26H30N2O5/c1-3-26(24(30)31)13-8-14-28(26)23(29)15-17(2)27-25(32)33-16-22-20-11-6-4-9-18(20)19-10-5-7-12-21(19)22/h4-7,9-12,17,22H,3,8,13-16H2,1-2H3,(H,27,32)(H,30,31)/t17-,26?/m0/s1. The molecule has 7 heteroatoms. The quantitative estimate of drug-likeness (QED) is 0.660. The van der Waals surface area contributed by atoms with E-state index in [9.17, 15) is 19.5 Å². The molecule has 0 spiro atoms. The molecular formula is C26H30N2O5. The maximum atomic E-state index is 12.8. The van der Waals surface area contributed by atoms with E-state index < -0.39 is 23.6 Å². The second-order valence-corrected chi connectivity index (χ2v) is 8.91. The van der Waals surface area contributed by atoms with Crippen LogP contribution in [-0.2, 0) is 14.3 Å². The minimum Gasteiger partial charge on any atom is -0.479 e. The lowest BCUT2D eigenvalue weighted by molar-refractivity contribution is -0.157. The molecule has 1 saturated heterocycles. The number of hydrogen-bond acceptors (Lipinski definition) is 4. The van der Waals surface area contributed by atoms with Gasteiger partial charge in [-0.05, 0) is 48.4 Å². The topological polar surface area (TPSA) is 95.9 Å². The van der Waals surface area contributed by atoms with Crippen molar-refractivity contribution in [2.45, 2.75) is 57.0 Å². The van der Waals surface area contributed by atoms with Gasteiger partial charge in [0.1, 0.15) is 12.1 Å². The molecular weight excluding hydrogens is 420 g/mol. The van der Waals surface area contributed by atoms with Gasteiger partial charge in [0.15, 0.2) is 0 Å². The smallest absolute Gasteiger partial charge is 0.407 e. The highest BCUT2D eigenvalue weighted by molar-refractivity contribution is 5.88. The maximum Gasteiger partial charge on any atom is 0.407 e. The van der Waals surface area contributed by atoms with Gasteiger partial charge in [0.2, 0.25) is 5.91 Å². The number of carbonyl (C=O) groups excluding carboxylic acids is 2. The first-order valence-corrected chi connectivity index (χ1v) is 11.5.